The van der Waals surface area contributed by atoms with Crippen molar-refractivity contribution in [3.05, 3.63) is 0 Å². The number of ether oxygens (including phenoxy) is 1. The second-order valence-electron chi connectivity index (χ2n) is 2.61. The van der Waals surface area contributed by atoms with Gasteiger partial charge in [0.25, 0.3) is 0 Å². The second kappa shape index (κ2) is 4.66. The Morgan fingerprint density at radius 1 is 1.69 bits per heavy atom. The zero-order valence-electron chi connectivity index (χ0n) is 7.15. The van der Waals surface area contributed by atoms with E-state index in [4.69, 9.17) is 5.11 Å². The van der Waals surface area contributed by atoms with Gasteiger partial charge in [0.2, 0.25) is 5.91 Å². The summed E-state index contributed by atoms with van der Waals surface area (Å²) in [5.74, 6) is -0.188. The number of hydrogen-bond acceptors (Lipinski definition) is 4. The first-order valence-corrected chi connectivity index (χ1v) is 4.03. The molecule has 0 aromatic heterocycles. The van der Waals surface area contributed by atoms with Gasteiger partial charge in [-0.3, -0.25) is 9.69 Å². The predicted octanol–water partition coefficient (Wildman–Crippen LogP) is -1.45. The van der Waals surface area contributed by atoms with Gasteiger partial charge in [-0.25, -0.2) is 4.79 Å². The highest BCUT2D eigenvalue weighted by Gasteiger charge is 2.21. The summed E-state index contributed by atoms with van der Waals surface area (Å²) in [6.07, 6.45) is -0.552. The number of aliphatic hydroxyl groups excluding tert-OH is 1. The van der Waals surface area contributed by atoms with Crippen molar-refractivity contribution in [2.45, 2.75) is 0 Å². The molecule has 0 spiro atoms. The number of aliphatic hydroxyl groups is 1. The molecule has 6 heteroatoms. The second-order valence-corrected chi connectivity index (χ2v) is 2.61. The minimum absolute atomic E-state index is 0.0308. The van der Waals surface area contributed by atoms with Gasteiger partial charge < -0.3 is 15.2 Å². The lowest BCUT2D eigenvalue weighted by Gasteiger charge is -2.25. The van der Waals surface area contributed by atoms with Gasteiger partial charge in [-0.15, -0.1) is 0 Å². The van der Waals surface area contributed by atoms with Crippen LogP contribution in [0.25, 0.3) is 0 Å². The van der Waals surface area contributed by atoms with Crippen LogP contribution in [0.1, 0.15) is 0 Å². The molecule has 1 rings (SSSR count). The van der Waals surface area contributed by atoms with E-state index < -0.39 is 6.09 Å². The van der Waals surface area contributed by atoms with E-state index >= 15 is 0 Å². The summed E-state index contributed by atoms with van der Waals surface area (Å²) in [5.41, 5.74) is 0. The lowest BCUT2D eigenvalue weighted by molar-refractivity contribution is -0.123. The topological polar surface area (TPSA) is 78.9 Å². The highest BCUT2D eigenvalue weighted by molar-refractivity contribution is 5.83. The van der Waals surface area contributed by atoms with Crippen LogP contribution in [0, 0.1) is 0 Å². The van der Waals surface area contributed by atoms with Crippen LogP contribution >= 0.6 is 0 Å². The third-order valence-electron chi connectivity index (χ3n) is 1.61. The molecule has 74 valence electrons. The van der Waals surface area contributed by atoms with Crippen LogP contribution in [0.5, 0.6) is 0 Å². The Balaban J connectivity index is 2.32. The number of piperazine rings is 1. The molecule has 13 heavy (non-hydrogen) atoms. The van der Waals surface area contributed by atoms with Crippen molar-refractivity contribution in [1.82, 2.24) is 10.2 Å². The number of carbonyl (C=O) groups is 2. The van der Waals surface area contributed by atoms with Gasteiger partial charge >= 0.3 is 6.09 Å². The van der Waals surface area contributed by atoms with Crippen LogP contribution in [0.4, 0.5) is 4.79 Å². The fourth-order valence-corrected chi connectivity index (χ4v) is 1.02. The van der Waals surface area contributed by atoms with Gasteiger partial charge in [0, 0.05) is 13.1 Å². The van der Waals surface area contributed by atoms with Crippen LogP contribution in [0.3, 0.4) is 0 Å². The van der Waals surface area contributed by atoms with Gasteiger partial charge in [-0.2, -0.15) is 0 Å². The maximum atomic E-state index is 11.1. The van der Waals surface area contributed by atoms with Crippen molar-refractivity contribution >= 4 is 12.0 Å². The molecule has 0 atom stereocenters. The van der Waals surface area contributed by atoms with E-state index in [1.54, 1.807) is 0 Å². The largest absolute Gasteiger partial charge is 0.447 e. The molecule has 1 aliphatic heterocycles. The molecule has 0 saturated carbocycles. The van der Waals surface area contributed by atoms with Crippen molar-refractivity contribution in [3.8, 4) is 0 Å². The Morgan fingerprint density at radius 2 is 2.46 bits per heavy atom. The average molecular weight is 188 g/mol. The normalized spacial score (nSPS) is 16.7. The highest BCUT2D eigenvalue weighted by Crippen LogP contribution is 1.96. The molecule has 0 aromatic rings. The Bertz CT molecular complexity index is 207. The standard InChI is InChI=1S/C7H12N2O4/c10-3-4-13-7(12)9-2-1-8-6(11)5-9/h10H,1-5H2,(H,8,11). The molecule has 6 nitrogen and oxygen atoms in total. The Labute approximate surface area is 75.5 Å². The predicted molar refractivity (Wildman–Crippen MR) is 43.0 cm³/mol. The molecule has 0 radical (unpaired) electrons. The molecule has 2 N–H and O–H groups in total. The van der Waals surface area contributed by atoms with E-state index in [-0.39, 0.29) is 25.7 Å². The minimum atomic E-state index is -0.552. The van der Waals surface area contributed by atoms with Crippen LogP contribution in [0.15, 0.2) is 0 Å². The monoisotopic (exact) mass is 188 g/mol. The summed E-state index contributed by atoms with van der Waals surface area (Å²) < 4.78 is 4.64. The van der Waals surface area contributed by atoms with Gasteiger partial charge in [0.15, 0.2) is 0 Å². The first-order chi connectivity index (χ1) is 6.24. The molecule has 0 aromatic carbocycles. The summed E-state index contributed by atoms with van der Waals surface area (Å²) >= 11 is 0. The number of carbonyl (C=O) groups excluding carboxylic acids is 2. The smallest absolute Gasteiger partial charge is 0.410 e. The van der Waals surface area contributed by atoms with E-state index in [2.05, 4.69) is 10.1 Å². The number of amides is 2. The fourth-order valence-electron chi connectivity index (χ4n) is 1.02. The number of nitrogens with zero attached hydrogens (tertiary/aromatic N) is 1. The SMILES string of the molecule is O=C1CN(C(=O)OCCO)CCN1. The number of hydrogen-bond donors (Lipinski definition) is 2. The summed E-state index contributed by atoms with van der Waals surface area (Å²) in [5, 5.41) is 11.0. The molecule has 1 saturated heterocycles. The zero-order chi connectivity index (χ0) is 9.68. The summed E-state index contributed by atoms with van der Waals surface area (Å²) in [4.78, 5) is 23.3. The molecule has 1 fully saturated rings. The molecule has 2 amide bonds. The van der Waals surface area contributed by atoms with Gasteiger partial charge in [-0.05, 0) is 0 Å². The van der Waals surface area contributed by atoms with E-state index in [0.29, 0.717) is 13.1 Å². The number of nitrogens with one attached hydrogen (secondary N) is 1. The Morgan fingerprint density at radius 3 is 3.08 bits per heavy atom. The van der Waals surface area contributed by atoms with E-state index in [9.17, 15) is 9.59 Å². The van der Waals surface area contributed by atoms with Crippen molar-refractivity contribution < 1.29 is 19.4 Å². The van der Waals surface area contributed by atoms with E-state index in [1.165, 1.54) is 4.90 Å². The first-order valence-electron chi connectivity index (χ1n) is 4.03. The van der Waals surface area contributed by atoms with E-state index in [0.717, 1.165) is 0 Å². The number of rotatable bonds is 2. The van der Waals surface area contributed by atoms with E-state index in [1.807, 2.05) is 0 Å². The molecule has 0 bridgehead atoms. The average Bonchev–Trinajstić information content (AvgIpc) is 2.14. The van der Waals surface area contributed by atoms with Crippen molar-refractivity contribution in [3.63, 3.8) is 0 Å². The van der Waals surface area contributed by atoms with Crippen LogP contribution in [0.2, 0.25) is 0 Å². The molecule has 1 aliphatic rings. The third kappa shape index (κ3) is 2.90. The zero-order valence-corrected chi connectivity index (χ0v) is 7.15. The van der Waals surface area contributed by atoms with Crippen LogP contribution in [-0.4, -0.2) is 54.9 Å². The first kappa shape index (κ1) is 9.79. The highest BCUT2D eigenvalue weighted by atomic mass is 16.6. The quantitative estimate of drug-likeness (QED) is 0.555. The van der Waals surface area contributed by atoms with Crippen LogP contribution < -0.4 is 5.32 Å². The maximum Gasteiger partial charge on any atom is 0.410 e. The van der Waals surface area contributed by atoms with Gasteiger partial charge in [-0.1, -0.05) is 0 Å². The van der Waals surface area contributed by atoms with Crippen LogP contribution in [-0.2, 0) is 9.53 Å². The third-order valence-corrected chi connectivity index (χ3v) is 1.61. The maximum absolute atomic E-state index is 11.1. The molecule has 1 heterocycles. The summed E-state index contributed by atoms with van der Waals surface area (Å²) in [7, 11) is 0. The molecular weight excluding hydrogens is 176 g/mol. The lowest BCUT2D eigenvalue weighted by atomic mass is 10.4. The molecule has 0 aliphatic carbocycles. The Hall–Kier alpha value is -1.30. The van der Waals surface area contributed by atoms with Gasteiger partial charge in [0.05, 0.1) is 6.61 Å². The van der Waals surface area contributed by atoms with Crippen molar-refractivity contribution in [1.29, 1.82) is 0 Å². The molecule has 0 unspecified atom stereocenters. The summed E-state index contributed by atoms with van der Waals surface area (Å²) in [6, 6.07) is 0. The summed E-state index contributed by atoms with van der Waals surface area (Å²) in [6.45, 7) is 0.704. The fraction of sp³-hybridized carbons (Fsp3) is 0.714. The van der Waals surface area contributed by atoms with Gasteiger partial charge in [0.1, 0.15) is 13.2 Å². The Kier molecular flexibility index (Phi) is 3.51. The van der Waals surface area contributed by atoms with Crippen molar-refractivity contribution in [2.24, 2.45) is 0 Å². The minimum Gasteiger partial charge on any atom is -0.447 e. The van der Waals surface area contributed by atoms with Crippen molar-refractivity contribution in [2.75, 3.05) is 32.8 Å². The molecular formula is C7H12N2O4. The lowest BCUT2D eigenvalue weighted by Crippen LogP contribution is -2.50.